The van der Waals surface area contributed by atoms with Crippen molar-refractivity contribution in [3.8, 4) is 11.5 Å². The zero-order valence-electron chi connectivity index (χ0n) is 16.2. The van der Waals surface area contributed by atoms with E-state index in [1.165, 1.54) is 0 Å². The van der Waals surface area contributed by atoms with Gasteiger partial charge in [-0.3, -0.25) is 4.79 Å². The van der Waals surface area contributed by atoms with Crippen molar-refractivity contribution < 1.29 is 19.0 Å². The summed E-state index contributed by atoms with van der Waals surface area (Å²) in [5.74, 6) is 1.73. The Kier molecular flexibility index (Phi) is 7.02. The van der Waals surface area contributed by atoms with Crippen LogP contribution >= 0.6 is 0 Å². The van der Waals surface area contributed by atoms with E-state index in [4.69, 9.17) is 14.2 Å². The summed E-state index contributed by atoms with van der Waals surface area (Å²) in [5, 5.41) is 14.1. The number of nitrogens with one attached hydrogen (secondary N) is 2. The minimum absolute atomic E-state index is 0.223. The van der Waals surface area contributed by atoms with E-state index >= 15 is 0 Å². The Balaban J connectivity index is 1.45. The summed E-state index contributed by atoms with van der Waals surface area (Å²) in [4.78, 5) is 12.2. The SMILES string of the molecule is COc1ccc(CCNC(=O)c2ccc(NCC3CCCO3)nn2)cc1OC. The highest BCUT2D eigenvalue weighted by Gasteiger charge is 2.15. The molecular formula is C20H26N4O4. The number of amides is 1. The molecule has 1 aromatic carbocycles. The van der Waals surface area contributed by atoms with Crippen molar-refractivity contribution in [2.45, 2.75) is 25.4 Å². The summed E-state index contributed by atoms with van der Waals surface area (Å²) in [6.07, 6.45) is 3.04. The molecule has 0 saturated carbocycles. The van der Waals surface area contributed by atoms with Gasteiger partial charge in [-0.05, 0) is 49.1 Å². The van der Waals surface area contributed by atoms with Gasteiger partial charge in [-0.1, -0.05) is 6.07 Å². The van der Waals surface area contributed by atoms with Gasteiger partial charge in [0, 0.05) is 19.7 Å². The molecule has 2 heterocycles. The minimum atomic E-state index is -0.251. The number of methoxy groups -OCH3 is 2. The van der Waals surface area contributed by atoms with Crippen LogP contribution in [0.4, 0.5) is 5.82 Å². The number of nitrogens with zero attached hydrogens (tertiary/aromatic N) is 2. The second-order valence-corrected chi connectivity index (χ2v) is 6.51. The first-order valence-electron chi connectivity index (χ1n) is 9.38. The van der Waals surface area contributed by atoms with Crippen LogP contribution in [0, 0.1) is 0 Å². The van der Waals surface area contributed by atoms with Crippen LogP contribution in [0.2, 0.25) is 0 Å². The highest BCUT2D eigenvalue weighted by atomic mass is 16.5. The quantitative estimate of drug-likeness (QED) is 0.681. The predicted molar refractivity (Wildman–Crippen MR) is 105 cm³/mol. The molecule has 0 bridgehead atoms. The maximum Gasteiger partial charge on any atom is 0.271 e. The summed E-state index contributed by atoms with van der Waals surface area (Å²) < 4.78 is 16.1. The molecule has 1 aliphatic heterocycles. The lowest BCUT2D eigenvalue weighted by molar-refractivity contribution is 0.0948. The predicted octanol–water partition coefficient (Wildman–Crippen LogP) is 2.06. The van der Waals surface area contributed by atoms with E-state index < -0.39 is 0 Å². The molecule has 3 rings (SSSR count). The third-order valence-corrected chi connectivity index (χ3v) is 4.58. The van der Waals surface area contributed by atoms with Gasteiger partial charge in [0.2, 0.25) is 0 Å². The molecule has 2 N–H and O–H groups in total. The third-order valence-electron chi connectivity index (χ3n) is 4.58. The number of ether oxygens (including phenoxy) is 3. The first kappa shape index (κ1) is 19.9. The van der Waals surface area contributed by atoms with Gasteiger partial charge in [0.05, 0.1) is 20.3 Å². The first-order valence-corrected chi connectivity index (χ1v) is 9.38. The molecule has 1 aromatic heterocycles. The third kappa shape index (κ3) is 5.32. The molecule has 1 aliphatic rings. The van der Waals surface area contributed by atoms with Gasteiger partial charge in [0.25, 0.3) is 5.91 Å². The monoisotopic (exact) mass is 386 g/mol. The van der Waals surface area contributed by atoms with Gasteiger partial charge >= 0.3 is 0 Å². The fourth-order valence-electron chi connectivity index (χ4n) is 3.02. The van der Waals surface area contributed by atoms with E-state index in [9.17, 15) is 4.79 Å². The fraction of sp³-hybridized carbons (Fsp3) is 0.450. The number of rotatable bonds is 9. The Morgan fingerprint density at radius 1 is 1.18 bits per heavy atom. The Hall–Kier alpha value is -2.87. The van der Waals surface area contributed by atoms with Crippen LogP contribution in [-0.4, -0.2) is 56.1 Å². The normalized spacial score (nSPS) is 15.9. The van der Waals surface area contributed by atoms with E-state index in [0.29, 0.717) is 36.8 Å². The van der Waals surface area contributed by atoms with Crippen molar-refractivity contribution in [2.75, 3.05) is 39.2 Å². The molecule has 0 spiro atoms. The fourth-order valence-corrected chi connectivity index (χ4v) is 3.02. The van der Waals surface area contributed by atoms with Crippen molar-refractivity contribution in [2.24, 2.45) is 0 Å². The molecule has 1 saturated heterocycles. The number of carbonyl (C=O) groups excluding carboxylic acids is 1. The van der Waals surface area contributed by atoms with E-state index in [1.807, 2.05) is 18.2 Å². The maximum absolute atomic E-state index is 12.2. The summed E-state index contributed by atoms with van der Waals surface area (Å²) >= 11 is 0. The van der Waals surface area contributed by atoms with Crippen molar-refractivity contribution in [3.05, 3.63) is 41.6 Å². The maximum atomic E-state index is 12.2. The molecule has 0 radical (unpaired) electrons. The summed E-state index contributed by atoms with van der Waals surface area (Å²) in [6, 6.07) is 9.12. The van der Waals surface area contributed by atoms with E-state index in [2.05, 4.69) is 20.8 Å². The minimum Gasteiger partial charge on any atom is -0.493 e. The number of carbonyl (C=O) groups is 1. The van der Waals surface area contributed by atoms with Gasteiger partial charge in [0.15, 0.2) is 17.2 Å². The molecule has 150 valence electrons. The number of hydrogen-bond donors (Lipinski definition) is 2. The molecule has 0 aliphatic carbocycles. The molecule has 2 aromatic rings. The standard InChI is InChI=1S/C20H26N4O4/c1-26-17-7-5-14(12-18(17)27-2)9-10-21-20(25)16-6-8-19(24-23-16)22-13-15-4-3-11-28-15/h5-8,12,15H,3-4,9-11,13H2,1-2H3,(H,21,25)(H,22,24). The van der Waals surface area contributed by atoms with Crippen molar-refractivity contribution in [1.82, 2.24) is 15.5 Å². The molecule has 1 amide bonds. The van der Waals surface area contributed by atoms with Crippen molar-refractivity contribution in [1.29, 1.82) is 0 Å². The number of aromatic nitrogens is 2. The number of benzene rings is 1. The molecular weight excluding hydrogens is 360 g/mol. The van der Waals surface area contributed by atoms with Crippen molar-refractivity contribution in [3.63, 3.8) is 0 Å². The van der Waals surface area contributed by atoms with Gasteiger partial charge in [-0.25, -0.2) is 0 Å². The number of anilines is 1. The van der Waals surface area contributed by atoms with Gasteiger partial charge in [0.1, 0.15) is 5.82 Å². The lowest BCUT2D eigenvalue weighted by Crippen LogP contribution is -2.27. The van der Waals surface area contributed by atoms with Crippen LogP contribution < -0.4 is 20.1 Å². The van der Waals surface area contributed by atoms with Crippen LogP contribution in [0.15, 0.2) is 30.3 Å². The highest BCUT2D eigenvalue weighted by Crippen LogP contribution is 2.27. The average molecular weight is 386 g/mol. The zero-order valence-corrected chi connectivity index (χ0v) is 16.2. The largest absolute Gasteiger partial charge is 0.493 e. The first-order chi connectivity index (χ1) is 13.7. The Bertz CT molecular complexity index is 776. The average Bonchev–Trinajstić information content (AvgIpc) is 3.26. The molecule has 1 fully saturated rings. The second-order valence-electron chi connectivity index (χ2n) is 6.51. The van der Waals surface area contributed by atoms with Gasteiger partial charge < -0.3 is 24.8 Å². The second kappa shape index (κ2) is 9.89. The lowest BCUT2D eigenvalue weighted by atomic mass is 10.1. The summed E-state index contributed by atoms with van der Waals surface area (Å²) in [7, 11) is 3.20. The topological polar surface area (TPSA) is 94.6 Å². The number of hydrogen-bond acceptors (Lipinski definition) is 7. The summed E-state index contributed by atoms with van der Waals surface area (Å²) in [5.41, 5.74) is 1.33. The molecule has 1 atom stereocenters. The zero-order chi connectivity index (χ0) is 19.8. The van der Waals surface area contributed by atoms with E-state index in [0.717, 1.165) is 25.0 Å². The highest BCUT2D eigenvalue weighted by molar-refractivity contribution is 5.92. The molecule has 8 heteroatoms. The van der Waals surface area contributed by atoms with Gasteiger partial charge in [-0.15, -0.1) is 10.2 Å². The van der Waals surface area contributed by atoms with Crippen LogP contribution in [-0.2, 0) is 11.2 Å². The molecule has 28 heavy (non-hydrogen) atoms. The molecule has 1 unspecified atom stereocenters. The lowest BCUT2D eigenvalue weighted by Gasteiger charge is -2.11. The van der Waals surface area contributed by atoms with Crippen LogP contribution in [0.3, 0.4) is 0 Å². The van der Waals surface area contributed by atoms with Crippen molar-refractivity contribution >= 4 is 11.7 Å². The van der Waals surface area contributed by atoms with Crippen LogP contribution in [0.1, 0.15) is 28.9 Å². The van der Waals surface area contributed by atoms with E-state index in [1.54, 1.807) is 26.4 Å². The smallest absolute Gasteiger partial charge is 0.271 e. The molecule has 8 nitrogen and oxygen atoms in total. The van der Waals surface area contributed by atoms with Crippen LogP contribution in [0.5, 0.6) is 11.5 Å². The summed E-state index contributed by atoms with van der Waals surface area (Å²) in [6.45, 7) is 2.00. The Morgan fingerprint density at radius 3 is 2.71 bits per heavy atom. The Morgan fingerprint density at radius 2 is 2.04 bits per heavy atom. The van der Waals surface area contributed by atoms with E-state index in [-0.39, 0.29) is 17.7 Å². The Labute approximate surface area is 164 Å². The van der Waals surface area contributed by atoms with Crippen LogP contribution in [0.25, 0.3) is 0 Å². The van der Waals surface area contributed by atoms with Gasteiger partial charge in [-0.2, -0.15) is 0 Å².